The number of carboxylic acids is 1. The Morgan fingerprint density at radius 1 is 0.722 bits per heavy atom. The monoisotopic (exact) mass is 510 g/mol. The molecule has 202 valence electrons. The largest absolute Gasteiger partial charge is 0.511 e. The standard InChI is InChI=1S/C26H38O10/c1-2-23(27)33-16-34-26(31)36-22-9-3-17(4-10-22)15-32-20-11-7-19(8-12-20)25(30)35-21-13-5-18(6-14-21)24(28)29/h2,17-22H,1,3-16H2,(H,28,29). The molecule has 3 fully saturated rings. The van der Waals surface area contributed by atoms with Gasteiger partial charge in [-0.2, -0.15) is 0 Å². The number of carboxylic acid groups (broad SMARTS) is 1. The van der Waals surface area contributed by atoms with Crippen molar-refractivity contribution in [2.24, 2.45) is 17.8 Å². The SMILES string of the molecule is C=CC(=O)OCOC(=O)OC1CCC(COC2CCC(C(=O)OC3CCC(C(=O)O)CC3)CC2)CC1. The lowest BCUT2D eigenvalue weighted by atomic mass is 9.85. The molecule has 10 nitrogen and oxygen atoms in total. The summed E-state index contributed by atoms with van der Waals surface area (Å²) in [6.07, 6.45) is 8.65. The van der Waals surface area contributed by atoms with E-state index in [1.807, 2.05) is 0 Å². The molecule has 0 atom stereocenters. The molecule has 3 aliphatic rings. The summed E-state index contributed by atoms with van der Waals surface area (Å²) >= 11 is 0. The number of hydrogen-bond acceptors (Lipinski definition) is 9. The number of carbonyl (C=O) groups excluding carboxylic acids is 3. The van der Waals surface area contributed by atoms with Crippen molar-refractivity contribution in [2.45, 2.75) is 95.4 Å². The van der Waals surface area contributed by atoms with Crippen LogP contribution in [0.25, 0.3) is 0 Å². The minimum atomic E-state index is -0.852. The van der Waals surface area contributed by atoms with Crippen molar-refractivity contribution in [3.63, 3.8) is 0 Å². The lowest BCUT2D eigenvalue weighted by Gasteiger charge is -2.32. The van der Waals surface area contributed by atoms with Gasteiger partial charge in [0.1, 0.15) is 12.2 Å². The Hall–Kier alpha value is -2.62. The molecule has 0 unspecified atom stereocenters. The summed E-state index contributed by atoms with van der Waals surface area (Å²) in [6, 6.07) is 0. The molecule has 36 heavy (non-hydrogen) atoms. The normalized spacial score (nSPS) is 30.4. The Morgan fingerprint density at radius 3 is 1.89 bits per heavy atom. The van der Waals surface area contributed by atoms with Crippen LogP contribution >= 0.6 is 0 Å². The van der Waals surface area contributed by atoms with Crippen LogP contribution in [0.1, 0.15) is 77.0 Å². The Morgan fingerprint density at radius 2 is 1.28 bits per heavy atom. The fourth-order valence-corrected chi connectivity index (χ4v) is 5.21. The van der Waals surface area contributed by atoms with Gasteiger partial charge in [0.15, 0.2) is 0 Å². The highest BCUT2D eigenvalue weighted by Crippen LogP contribution is 2.32. The van der Waals surface area contributed by atoms with E-state index in [0.717, 1.165) is 57.4 Å². The molecule has 0 bridgehead atoms. The van der Waals surface area contributed by atoms with E-state index >= 15 is 0 Å². The molecule has 0 aromatic rings. The number of aliphatic carboxylic acids is 1. The van der Waals surface area contributed by atoms with E-state index in [2.05, 4.69) is 11.3 Å². The van der Waals surface area contributed by atoms with Crippen LogP contribution in [0, 0.1) is 17.8 Å². The van der Waals surface area contributed by atoms with Crippen molar-refractivity contribution in [2.75, 3.05) is 13.4 Å². The molecular formula is C26H38O10. The topological polar surface area (TPSA) is 135 Å². The summed E-state index contributed by atoms with van der Waals surface area (Å²) in [6.45, 7) is 3.41. The summed E-state index contributed by atoms with van der Waals surface area (Å²) in [5.74, 6) is -1.60. The van der Waals surface area contributed by atoms with E-state index in [1.165, 1.54) is 0 Å². The van der Waals surface area contributed by atoms with Gasteiger partial charge in [-0.15, -0.1) is 0 Å². The highest BCUT2D eigenvalue weighted by Gasteiger charge is 2.33. The van der Waals surface area contributed by atoms with Gasteiger partial charge in [-0.25, -0.2) is 9.59 Å². The molecule has 0 aromatic heterocycles. The smallest absolute Gasteiger partial charge is 0.481 e. The van der Waals surface area contributed by atoms with E-state index in [1.54, 1.807) is 0 Å². The average molecular weight is 511 g/mol. The molecule has 0 heterocycles. The Bertz CT molecular complexity index is 757. The maximum atomic E-state index is 12.6. The first-order chi connectivity index (χ1) is 17.3. The molecule has 3 saturated carbocycles. The zero-order chi connectivity index (χ0) is 25.9. The van der Waals surface area contributed by atoms with Gasteiger partial charge in [-0.3, -0.25) is 9.59 Å². The molecule has 0 aromatic carbocycles. The van der Waals surface area contributed by atoms with Crippen molar-refractivity contribution < 1.29 is 48.0 Å². The predicted octanol–water partition coefficient (Wildman–Crippen LogP) is 4.15. The molecule has 10 heteroatoms. The van der Waals surface area contributed by atoms with Crippen molar-refractivity contribution in [1.82, 2.24) is 0 Å². The molecule has 0 aliphatic heterocycles. The maximum absolute atomic E-state index is 12.6. The van der Waals surface area contributed by atoms with Gasteiger partial charge < -0.3 is 28.8 Å². The second kappa shape index (κ2) is 14.2. The number of rotatable bonds is 10. The average Bonchev–Trinajstić information content (AvgIpc) is 2.88. The van der Waals surface area contributed by atoms with Gasteiger partial charge in [-0.05, 0) is 83.0 Å². The summed E-state index contributed by atoms with van der Waals surface area (Å²) in [5.41, 5.74) is 0. The number of hydrogen-bond donors (Lipinski definition) is 1. The zero-order valence-corrected chi connectivity index (χ0v) is 20.8. The van der Waals surface area contributed by atoms with Crippen LogP contribution in [-0.4, -0.2) is 60.9 Å². The van der Waals surface area contributed by atoms with Crippen LogP contribution in [0.15, 0.2) is 12.7 Å². The zero-order valence-electron chi connectivity index (χ0n) is 20.8. The fraction of sp³-hybridized carbons (Fsp3) is 0.769. The quantitative estimate of drug-likeness (QED) is 0.198. The number of carbonyl (C=O) groups is 4. The van der Waals surface area contributed by atoms with Crippen molar-refractivity contribution in [3.05, 3.63) is 12.7 Å². The molecule has 0 radical (unpaired) electrons. The van der Waals surface area contributed by atoms with Gasteiger partial charge in [-0.1, -0.05) is 6.58 Å². The lowest BCUT2D eigenvalue weighted by Crippen LogP contribution is -2.33. The number of ether oxygens (including phenoxy) is 5. The minimum absolute atomic E-state index is 0.102. The van der Waals surface area contributed by atoms with E-state index in [-0.39, 0.29) is 36.1 Å². The molecule has 3 aliphatic carbocycles. The molecule has 0 spiro atoms. The Labute approximate surface area is 211 Å². The third-order valence-corrected chi connectivity index (χ3v) is 7.48. The van der Waals surface area contributed by atoms with E-state index in [0.29, 0.717) is 38.2 Å². The van der Waals surface area contributed by atoms with E-state index in [4.69, 9.17) is 24.1 Å². The summed E-state index contributed by atoms with van der Waals surface area (Å²) < 4.78 is 26.4. The summed E-state index contributed by atoms with van der Waals surface area (Å²) in [7, 11) is 0. The molecular weight excluding hydrogens is 472 g/mol. The van der Waals surface area contributed by atoms with Crippen molar-refractivity contribution >= 4 is 24.1 Å². The van der Waals surface area contributed by atoms with Crippen molar-refractivity contribution in [3.8, 4) is 0 Å². The summed E-state index contributed by atoms with van der Waals surface area (Å²) in [5, 5.41) is 9.09. The summed E-state index contributed by atoms with van der Waals surface area (Å²) in [4.78, 5) is 46.2. The second-order valence-corrected chi connectivity index (χ2v) is 10.00. The van der Waals surface area contributed by atoms with Crippen LogP contribution in [0.3, 0.4) is 0 Å². The Kier molecular flexibility index (Phi) is 11.0. The highest BCUT2D eigenvalue weighted by atomic mass is 16.8. The maximum Gasteiger partial charge on any atom is 0.511 e. The van der Waals surface area contributed by atoms with Gasteiger partial charge in [0.05, 0.1) is 17.9 Å². The lowest BCUT2D eigenvalue weighted by molar-refractivity contribution is -0.159. The first-order valence-corrected chi connectivity index (χ1v) is 13.0. The van der Waals surface area contributed by atoms with Gasteiger partial charge in [0, 0.05) is 12.7 Å². The van der Waals surface area contributed by atoms with Crippen LogP contribution in [0.5, 0.6) is 0 Å². The minimum Gasteiger partial charge on any atom is -0.481 e. The predicted molar refractivity (Wildman–Crippen MR) is 126 cm³/mol. The fourth-order valence-electron chi connectivity index (χ4n) is 5.21. The first-order valence-electron chi connectivity index (χ1n) is 13.0. The Balaban J connectivity index is 1.24. The van der Waals surface area contributed by atoms with Crippen LogP contribution in [0.4, 0.5) is 4.79 Å². The first kappa shape index (κ1) is 28.0. The third kappa shape index (κ3) is 9.11. The van der Waals surface area contributed by atoms with Gasteiger partial charge >= 0.3 is 24.1 Å². The van der Waals surface area contributed by atoms with Crippen LogP contribution in [0.2, 0.25) is 0 Å². The van der Waals surface area contributed by atoms with Crippen LogP contribution in [-0.2, 0) is 38.1 Å². The molecule has 0 amide bonds. The molecule has 0 saturated heterocycles. The number of esters is 2. The van der Waals surface area contributed by atoms with Crippen molar-refractivity contribution in [1.29, 1.82) is 0 Å². The van der Waals surface area contributed by atoms with Gasteiger partial charge in [0.25, 0.3) is 0 Å². The molecule has 1 N–H and O–H groups in total. The second-order valence-electron chi connectivity index (χ2n) is 10.00. The third-order valence-electron chi connectivity index (χ3n) is 7.48. The highest BCUT2D eigenvalue weighted by molar-refractivity contribution is 5.81. The van der Waals surface area contributed by atoms with E-state index < -0.39 is 24.9 Å². The molecule has 3 rings (SSSR count). The van der Waals surface area contributed by atoms with Crippen LogP contribution < -0.4 is 0 Å². The van der Waals surface area contributed by atoms with Gasteiger partial charge in [0.2, 0.25) is 6.79 Å². The van der Waals surface area contributed by atoms with E-state index in [9.17, 15) is 19.2 Å².